The number of hydrogen-bond acceptors (Lipinski definition) is 5. The summed E-state index contributed by atoms with van der Waals surface area (Å²) in [4.78, 5) is 11.5. The van der Waals surface area contributed by atoms with Crippen molar-refractivity contribution in [2.45, 2.75) is 38.0 Å². The molecule has 1 aromatic heterocycles. The highest BCUT2D eigenvalue weighted by molar-refractivity contribution is 5.49. The van der Waals surface area contributed by atoms with Gasteiger partial charge < -0.3 is 10.3 Å². The summed E-state index contributed by atoms with van der Waals surface area (Å²) in [6.07, 6.45) is 6.28. The molecule has 1 saturated heterocycles. The van der Waals surface area contributed by atoms with E-state index in [2.05, 4.69) is 20.3 Å². The molecule has 0 atom stereocenters. The van der Waals surface area contributed by atoms with Crippen LogP contribution in [0.1, 0.15) is 43.8 Å². The van der Waals surface area contributed by atoms with Crippen LogP contribution in [0.2, 0.25) is 0 Å². The molecule has 2 heterocycles. The number of nitrogens with zero attached hydrogens (tertiary/aromatic N) is 3. The van der Waals surface area contributed by atoms with Gasteiger partial charge in [-0.1, -0.05) is 0 Å². The number of anilines is 2. The zero-order valence-electron chi connectivity index (χ0n) is 10.0. The molecule has 5 nitrogen and oxygen atoms in total. The summed E-state index contributed by atoms with van der Waals surface area (Å²) in [5, 5.41) is 0. The molecule has 92 valence electrons. The molecule has 1 aliphatic heterocycles. The van der Waals surface area contributed by atoms with Gasteiger partial charge in [0.25, 0.3) is 0 Å². The van der Waals surface area contributed by atoms with Gasteiger partial charge in [-0.2, -0.15) is 0 Å². The van der Waals surface area contributed by atoms with Crippen molar-refractivity contribution in [3.8, 4) is 0 Å². The maximum atomic E-state index is 5.48. The first kappa shape index (κ1) is 10.8. The second kappa shape index (κ2) is 4.49. The van der Waals surface area contributed by atoms with Gasteiger partial charge in [-0.25, -0.2) is 15.8 Å². The zero-order chi connectivity index (χ0) is 11.7. The smallest absolute Gasteiger partial charge is 0.145 e. The molecule has 2 aliphatic rings. The summed E-state index contributed by atoms with van der Waals surface area (Å²) in [6.45, 7) is 2.20. The average molecular weight is 233 g/mol. The number of nitrogens with one attached hydrogen (secondary N) is 1. The van der Waals surface area contributed by atoms with Gasteiger partial charge in [0.1, 0.15) is 17.5 Å². The van der Waals surface area contributed by atoms with Crippen LogP contribution in [0.25, 0.3) is 0 Å². The largest absolute Gasteiger partial charge is 0.356 e. The molecule has 0 aromatic carbocycles. The SMILES string of the molecule is NNc1cc(N2CCCCC2)nc(C2CC2)n1. The molecule has 17 heavy (non-hydrogen) atoms. The van der Waals surface area contributed by atoms with E-state index in [0.29, 0.717) is 5.92 Å². The van der Waals surface area contributed by atoms with Gasteiger partial charge in [0, 0.05) is 25.1 Å². The number of nitrogen functional groups attached to an aromatic ring is 1. The van der Waals surface area contributed by atoms with Crippen LogP contribution in [0.4, 0.5) is 11.6 Å². The van der Waals surface area contributed by atoms with Crippen LogP contribution in [-0.4, -0.2) is 23.1 Å². The number of hydrogen-bond donors (Lipinski definition) is 2. The third-order valence-corrected chi connectivity index (χ3v) is 3.50. The molecule has 0 radical (unpaired) electrons. The Bertz CT molecular complexity index is 396. The molecule has 5 heteroatoms. The van der Waals surface area contributed by atoms with Gasteiger partial charge >= 0.3 is 0 Å². The van der Waals surface area contributed by atoms with Crippen molar-refractivity contribution in [3.63, 3.8) is 0 Å². The number of nitrogens with two attached hydrogens (primary N) is 1. The summed E-state index contributed by atoms with van der Waals surface area (Å²) in [6, 6.07) is 1.96. The van der Waals surface area contributed by atoms with Crippen LogP contribution >= 0.6 is 0 Å². The first-order chi connectivity index (χ1) is 8.36. The van der Waals surface area contributed by atoms with E-state index in [1.165, 1.54) is 32.1 Å². The van der Waals surface area contributed by atoms with Gasteiger partial charge in [0.2, 0.25) is 0 Å². The van der Waals surface area contributed by atoms with Crippen LogP contribution in [0, 0.1) is 0 Å². The predicted octanol–water partition coefficient (Wildman–Crippen LogP) is 1.63. The van der Waals surface area contributed by atoms with E-state index in [9.17, 15) is 0 Å². The molecule has 2 fully saturated rings. The minimum absolute atomic E-state index is 0.562. The van der Waals surface area contributed by atoms with Gasteiger partial charge in [0.05, 0.1) is 0 Å². The van der Waals surface area contributed by atoms with Gasteiger partial charge in [-0.15, -0.1) is 0 Å². The van der Waals surface area contributed by atoms with Crippen molar-refractivity contribution in [3.05, 3.63) is 11.9 Å². The third-order valence-electron chi connectivity index (χ3n) is 3.50. The number of piperidine rings is 1. The minimum Gasteiger partial charge on any atom is -0.356 e. The molecule has 3 rings (SSSR count). The normalized spacial score (nSPS) is 20.4. The van der Waals surface area contributed by atoms with Crippen molar-refractivity contribution in [1.29, 1.82) is 0 Å². The van der Waals surface area contributed by atoms with E-state index < -0.39 is 0 Å². The first-order valence-corrected chi connectivity index (χ1v) is 6.47. The monoisotopic (exact) mass is 233 g/mol. The molecular weight excluding hydrogens is 214 g/mol. The van der Waals surface area contributed by atoms with Gasteiger partial charge in [-0.3, -0.25) is 0 Å². The van der Waals surface area contributed by atoms with Crippen LogP contribution in [-0.2, 0) is 0 Å². The van der Waals surface area contributed by atoms with Crippen molar-refractivity contribution < 1.29 is 0 Å². The molecule has 0 bridgehead atoms. The zero-order valence-corrected chi connectivity index (χ0v) is 10.0. The van der Waals surface area contributed by atoms with E-state index in [4.69, 9.17) is 5.84 Å². The van der Waals surface area contributed by atoms with E-state index in [1.807, 2.05) is 6.07 Å². The predicted molar refractivity (Wildman–Crippen MR) is 67.9 cm³/mol. The van der Waals surface area contributed by atoms with Crippen molar-refractivity contribution in [2.75, 3.05) is 23.4 Å². The second-order valence-electron chi connectivity index (χ2n) is 4.94. The van der Waals surface area contributed by atoms with E-state index in [-0.39, 0.29) is 0 Å². The molecule has 0 amide bonds. The minimum atomic E-state index is 0.562. The number of hydrazine groups is 1. The summed E-state index contributed by atoms with van der Waals surface area (Å²) < 4.78 is 0. The van der Waals surface area contributed by atoms with E-state index in [0.717, 1.165) is 30.5 Å². The van der Waals surface area contributed by atoms with Crippen molar-refractivity contribution in [1.82, 2.24) is 9.97 Å². The lowest BCUT2D eigenvalue weighted by molar-refractivity contribution is 0.572. The van der Waals surface area contributed by atoms with E-state index in [1.54, 1.807) is 0 Å². The second-order valence-corrected chi connectivity index (χ2v) is 4.94. The summed E-state index contributed by atoms with van der Waals surface area (Å²) in [5.74, 6) is 8.78. The van der Waals surface area contributed by atoms with Crippen LogP contribution < -0.4 is 16.2 Å². The third kappa shape index (κ3) is 2.34. The fraction of sp³-hybridized carbons (Fsp3) is 0.667. The maximum absolute atomic E-state index is 5.48. The molecule has 3 N–H and O–H groups in total. The molecule has 1 aromatic rings. The fourth-order valence-corrected chi connectivity index (χ4v) is 2.34. The number of rotatable bonds is 3. The summed E-state index contributed by atoms with van der Waals surface area (Å²) in [5.41, 5.74) is 2.65. The van der Waals surface area contributed by atoms with Crippen molar-refractivity contribution in [2.24, 2.45) is 5.84 Å². The quantitative estimate of drug-likeness (QED) is 0.613. The summed E-state index contributed by atoms with van der Waals surface area (Å²) >= 11 is 0. The van der Waals surface area contributed by atoms with Crippen LogP contribution in [0.15, 0.2) is 6.07 Å². The number of aromatic nitrogens is 2. The Morgan fingerprint density at radius 1 is 1.18 bits per heavy atom. The Labute approximate surface area is 101 Å². The highest BCUT2D eigenvalue weighted by Crippen LogP contribution is 2.39. The molecular formula is C12H19N5. The molecule has 1 saturated carbocycles. The van der Waals surface area contributed by atoms with Crippen LogP contribution in [0.5, 0.6) is 0 Å². The lowest BCUT2D eigenvalue weighted by Gasteiger charge is -2.28. The Kier molecular flexibility index (Phi) is 2.84. The van der Waals surface area contributed by atoms with Gasteiger partial charge in [-0.05, 0) is 32.1 Å². The Morgan fingerprint density at radius 3 is 2.59 bits per heavy atom. The maximum Gasteiger partial charge on any atom is 0.145 e. The molecule has 0 spiro atoms. The fourth-order valence-electron chi connectivity index (χ4n) is 2.34. The Morgan fingerprint density at radius 2 is 1.94 bits per heavy atom. The topological polar surface area (TPSA) is 67.1 Å². The van der Waals surface area contributed by atoms with Gasteiger partial charge in [0.15, 0.2) is 0 Å². The highest BCUT2D eigenvalue weighted by Gasteiger charge is 2.28. The van der Waals surface area contributed by atoms with Crippen molar-refractivity contribution >= 4 is 11.6 Å². The first-order valence-electron chi connectivity index (χ1n) is 6.47. The Balaban J connectivity index is 1.88. The lowest BCUT2D eigenvalue weighted by atomic mass is 10.1. The summed E-state index contributed by atoms with van der Waals surface area (Å²) in [7, 11) is 0. The Hall–Kier alpha value is -1.36. The van der Waals surface area contributed by atoms with E-state index >= 15 is 0 Å². The highest BCUT2D eigenvalue weighted by atomic mass is 15.3. The standard InChI is InChI=1S/C12H19N5/c13-16-10-8-11(17-6-2-1-3-7-17)15-12(14-10)9-4-5-9/h8-9H,1-7,13H2,(H,14,15,16). The average Bonchev–Trinajstić information content (AvgIpc) is 3.23. The molecule has 0 unspecified atom stereocenters. The lowest BCUT2D eigenvalue weighted by Crippen LogP contribution is -2.30. The molecule has 1 aliphatic carbocycles. The van der Waals surface area contributed by atoms with Crippen LogP contribution in [0.3, 0.4) is 0 Å².